The fourth-order valence-electron chi connectivity index (χ4n) is 4.87. The molecule has 1 N–H and O–H groups in total. The molecule has 0 radical (unpaired) electrons. The molecule has 3 rings (SSSR count). The van der Waals surface area contributed by atoms with Crippen molar-refractivity contribution in [1.29, 1.82) is 0 Å². The Morgan fingerprint density at radius 1 is 1.15 bits per heavy atom. The summed E-state index contributed by atoms with van der Waals surface area (Å²) in [6, 6.07) is -0.535. The maximum atomic E-state index is 13.3. The average Bonchev–Trinajstić information content (AvgIpc) is 3.37. The van der Waals surface area contributed by atoms with Gasteiger partial charge in [0, 0.05) is 62.3 Å². The number of hydrogen-bond donors (Lipinski definition) is 1. The van der Waals surface area contributed by atoms with E-state index in [2.05, 4.69) is 15.3 Å². The molecule has 41 heavy (non-hydrogen) atoms. The Balaban J connectivity index is 1.73. The Bertz CT molecular complexity index is 1160. The smallest absolute Gasteiger partial charge is 0.308 e. The van der Waals surface area contributed by atoms with Crippen LogP contribution in [0.3, 0.4) is 0 Å². The molecule has 2 aromatic heterocycles. The lowest BCUT2D eigenvalue weighted by Crippen LogP contribution is -2.41. The molecule has 1 unspecified atom stereocenters. The Morgan fingerprint density at radius 2 is 1.88 bits per heavy atom. The number of hydrogen-bond acceptors (Lipinski definition) is 10. The van der Waals surface area contributed by atoms with Crippen LogP contribution in [0, 0.1) is 17.8 Å². The van der Waals surface area contributed by atoms with Crippen molar-refractivity contribution >= 4 is 46.4 Å². The zero-order valence-electron chi connectivity index (χ0n) is 24.8. The molecule has 2 heterocycles. The molecule has 1 aliphatic rings. The summed E-state index contributed by atoms with van der Waals surface area (Å²) in [5.41, 5.74) is 0.201. The number of aromatic nitrogens is 2. The molecule has 226 valence electrons. The van der Waals surface area contributed by atoms with Gasteiger partial charge in [-0.1, -0.05) is 33.6 Å². The molecule has 0 saturated heterocycles. The Morgan fingerprint density at radius 3 is 2.46 bits per heavy atom. The zero-order chi connectivity index (χ0) is 30.1. The second-order valence-electron chi connectivity index (χ2n) is 11.2. The zero-order valence-corrected chi connectivity index (χ0v) is 26.4. The van der Waals surface area contributed by atoms with Gasteiger partial charge in [-0.15, -0.1) is 22.7 Å². The fourth-order valence-corrected chi connectivity index (χ4v) is 6.41. The van der Waals surface area contributed by atoms with Crippen LogP contribution in [0.1, 0.15) is 92.8 Å². The van der Waals surface area contributed by atoms with Crippen LogP contribution >= 0.6 is 22.7 Å². The van der Waals surface area contributed by atoms with E-state index in [0.29, 0.717) is 36.6 Å². The van der Waals surface area contributed by atoms with Gasteiger partial charge in [0.15, 0.2) is 6.10 Å². The van der Waals surface area contributed by atoms with Gasteiger partial charge in [0.1, 0.15) is 10.7 Å². The number of esters is 2. The maximum absolute atomic E-state index is 13.3. The third-order valence-corrected chi connectivity index (χ3v) is 9.14. The first-order valence-electron chi connectivity index (χ1n) is 14.1. The van der Waals surface area contributed by atoms with Gasteiger partial charge in [-0.05, 0) is 24.7 Å². The number of amides is 2. The number of nitrogens with zero attached hydrogens (tertiary/aromatic N) is 3. The molecular weight excluding hydrogens is 564 g/mol. The summed E-state index contributed by atoms with van der Waals surface area (Å²) in [4.78, 5) is 60.9. The molecule has 0 aliphatic heterocycles. The first-order chi connectivity index (χ1) is 19.5. The van der Waals surface area contributed by atoms with E-state index in [1.807, 2.05) is 26.3 Å². The van der Waals surface area contributed by atoms with Crippen molar-refractivity contribution in [3.05, 3.63) is 32.7 Å². The molecule has 1 fully saturated rings. The van der Waals surface area contributed by atoms with E-state index < -0.39 is 18.0 Å². The van der Waals surface area contributed by atoms with Crippen LogP contribution in [0.15, 0.2) is 17.0 Å². The lowest BCUT2D eigenvalue weighted by Gasteiger charge is -2.33. The molecule has 2 aromatic rings. The normalized spacial score (nSPS) is 16.0. The van der Waals surface area contributed by atoms with Gasteiger partial charge in [-0.3, -0.25) is 19.2 Å². The van der Waals surface area contributed by atoms with Crippen LogP contribution in [-0.2, 0) is 30.3 Å². The monoisotopic (exact) mass is 606 g/mol. The molecule has 0 bridgehead atoms. The average molecular weight is 607 g/mol. The summed E-state index contributed by atoms with van der Waals surface area (Å²) < 4.78 is 10.5. The summed E-state index contributed by atoms with van der Waals surface area (Å²) in [5.74, 6) is -0.732. The first-order valence-corrected chi connectivity index (χ1v) is 15.9. The molecule has 10 nitrogen and oxygen atoms in total. The van der Waals surface area contributed by atoms with E-state index in [1.165, 1.54) is 49.5 Å². The van der Waals surface area contributed by atoms with Gasteiger partial charge in [-0.25, -0.2) is 9.97 Å². The summed E-state index contributed by atoms with van der Waals surface area (Å²) in [6.45, 7) is 7.18. The van der Waals surface area contributed by atoms with Crippen LogP contribution in [0.5, 0.6) is 0 Å². The quantitative estimate of drug-likeness (QED) is 0.270. The minimum atomic E-state index is -0.699. The van der Waals surface area contributed by atoms with E-state index in [0.717, 1.165) is 11.4 Å². The van der Waals surface area contributed by atoms with E-state index in [9.17, 15) is 19.2 Å². The van der Waals surface area contributed by atoms with E-state index in [-0.39, 0.29) is 41.5 Å². The lowest BCUT2D eigenvalue weighted by molar-refractivity contribution is -0.148. The number of rotatable bonds is 16. The highest BCUT2D eigenvalue weighted by atomic mass is 32.1. The Kier molecular flexibility index (Phi) is 12.3. The van der Waals surface area contributed by atoms with Gasteiger partial charge in [0.25, 0.3) is 5.91 Å². The predicted molar refractivity (Wildman–Crippen MR) is 157 cm³/mol. The summed E-state index contributed by atoms with van der Waals surface area (Å²) in [5, 5.41) is 7.84. The van der Waals surface area contributed by atoms with Gasteiger partial charge in [0.05, 0.1) is 18.0 Å². The fraction of sp³-hybridized carbons (Fsp3) is 0.655. The molecule has 12 heteroatoms. The first kappa shape index (κ1) is 32.7. The van der Waals surface area contributed by atoms with Gasteiger partial charge in [0.2, 0.25) is 5.91 Å². The molecule has 0 spiro atoms. The van der Waals surface area contributed by atoms with Crippen molar-refractivity contribution < 1.29 is 28.7 Å². The van der Waals surface area contributed by atoms with Crippen molar-refractivity contribution in [2.45, 2.75) is 90.8 Å². The van der Waals surface area contributed by atoms with Gasteiger partial charge < -0.3 is 19.7 Å². The predicted octanol–water partition coefficient (Wildman–Crippen LogP) is 4.81. The molecule has 4 atom stereocenters. The number of methoxy groups -OCH3 is 1. The highest BCUT2D eigenvalue weighted by Crippen LogP contribution is 2.34. The third kappa shape index (κ3) is 10.2. The Labute approximate surface area is 250 Å². The summed E-state index contributed by atoms with van der Waals surface area (Å²) in [6.07, 6.45) is 6.06. The second kappa shape index (κ2) is 15.4. The van der Waals surface area contributed by atoms with Crippen molar-refractivity contribution in [3.8, 4) is 0 Å². The van der Waals surface area contributed by atoms with Crippen molar-refractivity contribution in [2.24, 2.45) is 17.8 Å². The minimum Gasteiger partial charge on any atom is -0.469 e. The van der Waals surface area contributed by atoms with Gasteiger partial charge in [-0.2, -0.15) is 0 Å². The molecule has 1 aliphatic carbocycles. The van der Waals surface area contributed by atoms with Crippen LogP contribution in [0.25, 0.3) is 0 Å². The topological polar surface area (TPSA) is 128 Å². The van der Waals surface area contributed by atoms with Crippen molar-refractivity contribution in [1.82, 2.24) is 20.2 Å². The van der Waals surface area contributed by atoms with Crippen LogP contribution in [0.2, 0.25) is 0 Å². The molecular formula is C29H42N4O6S2. The van der Waals surface area contributed by atoms with Crippen molar-refractivity contribution in [3.63, 3.8) is 0 Å². The van der Waals surface area contributed by atoms with Crippen LogP contribution < -0.4 is 5.32 Å². The highest BCUT2D eigenvalue weighted by molar-refractivity contribution is 7.10. The molecule has 0 aromatic carbocycles. The van der Waals surface area contributed by atoms with E-state index in [1.54, 1.807) is 23.4 Å². The number of nitrogens with one attached hydrogen (secondary N) is 1. The lowest BCUT2D eigenvalue weighted by atomic mass is 9.96. The van der Waals surface area contributed by atoms with E-state index in [4.69, 9.17) is 9.47 Å². The Hall–Kier alpha value is -2.86. The van der Waals surface area contributed by atoms with Crippen LogP contribution in [-0.4, -0.2) is 64.9 Å². The number of thiazole rings is 2. The highest BCUT2D eigenvalue weighted by Gasteiger charge is 2.32. The van der Waals surface area contributed by atoms with Crippen molar-refractivity contribution in [2.75, 3.05) is 14.2 Å². The molecule has 2 amide bonds. The SMILES string of the molecule is COC(=O)[C@@H](C)C[C@H](Cc1nccs1)NC(=O)c1csc([C@@H](CC(C(C)C)N(C)C(=O)CCC2CC2)OC(C)=O)n1. The second-order valence-corrected chi connectivity index (χ2v) is 13.0. The third-order valence-electron chi connectivity index (χ3n) is 7.40. The summed E-state index contributed by atoms with van der Waals surface area (Å²) in [7, 11) is 3.15. The standard InChI is InChI=1S/C29H42N4O6S2/c1-17(2)23(33(5)26(35)10-9-20-7-8-20)15-24(39-19(4)34)28-32-22(16-41-28)27(36)31-21(13-18(3)29(37)38-6)14-25-30-11-12-40-25/h11-12,16-18,20-21,23-24H,7-10,13-15H2,1-6H3,(H,31,36)/t18-,21+,23?,24+/m0/s1. The number of carbonyl (C=O) groups excluding carboxylic acids is 4. The molecule has 1 saturated carbocycles. The largest absolute Gasteiger partial charge is 0.469 e. The number of ether oxygens (including phenoxy) is 2. The minimum absolute atomic E-state index is 0.0869. The van der Waals surface area contributed by atoms with Crippen LogP contribution in [0.4, 0.5) is 0 Å². The number of carbonyl (C=O) groups is 4. The summed E-state index contributed by atoms with van der Waals surface area (Å²) >= 11 is 2.72. The van der Waals surface area contributed by atoms with E-state index >= 15 is 0 Å². The van der Waals surface area contributed by atoms with Gasteiger partial charge >= 0.3 is 11.9 Å². The maximum Gasteiger partial charge on any atom is 0.308 e.